The van der Waals surface area contributed by atoms with Gasteiger partial charge in [-0.1, -0.05) is 0 Å². The first-order chi connectivity index (χ1) is 8.13. The Balaban J connectivity index is 2.30. The molecule has 6 heteroatoms. The molecule has 0 amide bonds. The Kier molecular flexibility index (Phi) is 3.23. The van der Waals surface area contributed by atoms with E-state index in [1.165, 1.54) is 0 Å². The number of rotatable bonds is 4. The average molecular weight is 236 g/mol. The second kappa shape index (κ2) is 4.67. The molecular weight excluding hydrogens is 220 g/mol. The number of hydrogen-bond acceptors (Lipinski definition) is 5. The van der Waals surface area contributed by atoms with Crippen LogP contribution >= 0.6 is 0 Å². The van der Waals surface area contributed by atoms with Crippen molar-refractivity contribution in [2.75, 3.05) is 24.5 Å². The number of anilines is 1. The van der Waals surface area contributed by atoms with Crippen LogP contribution in [0.1, 0.15) is 12.5 Å². The summed E-state index contributed by atoms with van der Waals surface area (Å²) in [5.74, 6) is 0.691. The zero-order chi connectivity index (χ0) is 12.4. The predicted molar refractivity (Wildman–Crippen MR) is 65.3 cm³/mol. The van der Waals surface area contributed by atoms with Crippen molar-refractivity contribution >= 4 is 11.5 Å². The van der Waals surface area contributed by atoms with Gasteiger partial charge in [0.1, 0.15) is 5.82 Å². The van der Waals surface area contributed by atoms with E-state index in [0.717, 1.165) is 19.6 Å². The summed E-state index contributed by atoms with van der Waals surface area (Å²) in [4.78, 5) is 16.9. The van der Waals surface area contributed by atoms with Crippen LogP contribution in [0.25, 0.3) is 0 Å². The molecule has 17 heavy (non-hydrogen) atoms. The number of nitrogens with one attached hydrogen (secondary N) is 1. The first kappa shape index (κ1) is 11.8. The van der Waals surface area contributed by atoms with Crippen LogP contribution in [0.3, 0.4) is 0 Å². The maximum Gasteiger partial charge on any atom is 0.277 e. The van der Waals surface area contributed by atoms with Crippen LogP contribution in [0.4, 0.5) is 11.5 Å². The van der Waals surface area contributed by atoms with Gasteiger partial charge in [-0.2, -0.15) is 0 Å². The fourth-order valence-electron chi connectivity index (χ4n) is 1.96. The summed E-state index contributed by atoms with van der Waals surface area (Å²) >= 11 is 0. The van der Waals surface area contributed by atoms with Crippen LogP contribution in [0.15, 0.2) is 12.3 Å². The van der Waals surface area contributed by atoms with E-state index in [2.05, 4.69) is 15.2 Å². The van der Waals surface area contributed by atoms with E-state index in [1.807, 2.05) is 6.92 Å². The minimum Gasteiger partial charge on any atom is -0.351 e. The lowest BCUT2D eigenvalue weighted by Crippen LogP contribution is -2.57. The highest BCUT2D eigenvalue weighted by molar-refractivity contribution is 5.51. The second-order valence-corrected chi connectivity index (χ2v) is 4.18. The number of nitro groups is 1. The summed E-state index contributed by atoms with van der Waals surface area (Å²) in [6.45, 7) is 6.37. The molecule has 1 saturated heterocycles. The summed E-state index contributed by atoms with van der Waals surface area (Å²) in [7, 11) is 0. The highest BCUT2D eigenvalue weighted by Gasteiger charge is 2.25. The predicted octanol–water partition coefficient (Wildman–Crippen LogP) is 1.10. The van der Waals surface area contributed by atoms with E-state index < -0.39 is 0 Å². The van der Waals surface area contributed by atoms with E-state index >= 15 is 0 Å². The molecule has 1 aliphatic heterocycles. The molecule has 0 unspecified atom stereocenters. The fraction of sp³-hybridized carbons (Fsp3) is 0.545. The van der Waals surface area contributed by atoms with Gasteiger partial charge in [0.2, 0.25) is 0 Å². The number of likely N-dealkylation sites (N-methyl/N-ethyl adjacent to an activating group) is 1. The second-order valence-electron chi connectivity index (χ2n) is 4.18. The summed E-state index contributed by atoms with van der Waals surface area (Å²) in [5, 5.41) is 14.1. The Hall–Kier alpha value is -1.69. The van der Waals surface area contributed by atoms with Gasteiger partial charge in [0, 0.05) is 31.4 Å². The minimum absolute atomic E-state index is 0.140. The van der Waals surface area contributed by atoms with Crippen molar-refractivity contribution in [3.8, 4) is 0 Å². The molecule has 1 aromatic heterocycles. The number of pyridine rings is 1. The monoisotopic (exact) mass is 236 g/mol. The highest BCUT2D eigenvalue weighted by Crippen LogP contribution is 2.24. The number of aromatic nitrogens is 1. The summed E-state index contributed by atoms with van der Waals surface area (Å²) in [6.07, 6.45) is 1.57. The van der Waals surface area contributed by atoms with Gasteiger partial charge >= 0.3 is 0 Å². The Morgan fingerprint density at radius 2 is 2.35 bits per heavy atom. The average Bonchev–Trinajstić information content (AvgIpc) is 2.23. The van der Waals surface area contributed by atoms with E-state index in [1.54, 1.807) is 19.2 Å². The van der Waals surface area contributed by atoms with Crippen LogP contribution in [-0.2, 0) is 0 Å². The summed E-state index contributed by atoms with van der Waals surface area (Å²) in [5.41, 5.74) is 0.738. The Morgan fingerprint density at radius 3 is 2.82 bits per heavy atom. The van der Waals surface area contributed by atoms with Crippen molar-refractivity contribution in [1.82, 2.24) is 10.3 Å². The molecule has 0 saturated carbocycles. The van der Waals surface area contributed by atoms with E-state index in [0.29, 0.717) is 17.4 Å². The minimum atomic E-state index is -0.354. The molecule has 0 bridgehead atoms. The molecule has 0 spiro atoms. The Morgan fingerprint density at radius 1 is 1.65 bits per heavy atom. The van der Waals surface area contributed by atoms with Crippen LogP contribution in [0.5, 0.6) is 0 Å². The van der Waals surface area contributed by atoms with Crippen LogP contribution in [-0.4, -0.2) is 35.6 Å². The summed E-state index contributed by atoms with van der Waals surface area (Å²) < 4.78 is 0. The van der Waals surface area contributed by atoms with Gasteiger partial charge in [-0.05, 0) is 13.8 Å². The lowest BCUT2D eigenvalue weighted by atomic mass is 10.1. The molecular formula is C11H16N4O2. The van der Waals surface area contributed by atoms with Gasteiger partial charge in [0.05, 0.1) is 17.0 Å². The van der Waals surface area contributed by atoms with E-state index in [9.17, 15) is 10.1 Å². The molecule has 1 N–H and O–H groups in total. The zero-order valence-corrected chi connectivity index (χ0v) is 10.0. The molecule has 1 aromatic rings. The zero-order valence-electron chi connectivity index (χ0n) is 10.0. The molecule has 0 aromatic carbocycles. The molecule has 2 rings (SSSR count). The lowest BCUT2D eigenvalue weighted by Gasteiger charge is -2.38. The first-order valence-electron chi connectivity index (χ1n) is 5.72. The topological polar surface area (TPSA) is 71.3 Å². The first-order valence-corrected chi connectivity index (χ1v) is 5.72. The third-order valence-electron chi connectivity index (χ3n) is 3.09. The van der Waals surface area contributed by atoms with Crippen molar-refractivity contribution < 1.29 is 4.92 Å². The Bertz CT molecular complexity index is 431. The molecule has 2 heterocycles. The van der Waals surface area contributed by atoms with E-state index in [-0.39, 0.29) is 10.6 Å². The molecule has 0 radical (unpaired) electrons. The molecule has 1 fully saturated rings. The standard InChI is InChI=1S/C11H16N4O2/c1-3-14(9-6-12-7-9)11-4-10(15(16)17)8(2)5-13-11/h4-5,9,12H,3,6-7H2,1-2H3. The third kappa shape index (κ3) is 2.21. The van der Waals surface area contributed by atoms with Crippen LogP contribution in [0.2, 0.25) is 0 Å². The van der Waals surface area contributed by atoms with Gasteiger partial charge in [0.25, 0.3) is 5.69 Å². The maximum atomic E-state index is 10.9. The maximum absolute atomic E-state index is 10.9. The van der Waals surface area contributed by atoms with Crippen molar-refractivity contribution in [3.63, 3.8) is 0 Å². The van der Waals surface area contributed by atoms with Crippen LogP contribution in [0, 0.1) is 17.0 Å². The normalized spacial score (nSPS) is 15.4. The van der Waals surface area contributed by atoms with E-state index in [4.69, 9.17) is 0 Å². The molecule has 92 valence electrons. The number of aryl methyl sites for hydroxylation is 1. The van der Waals surface area contributed by atoms with Crippen molar-refractivity contribution in [2.45, 2.75) is 19.9 Å². The van der Waals surface area contributed by atoms with Crippen LogP contribution < -0.4 is 10.2 Å². The smallest absolute Gasteiger partial charge is 0.277 e. The van der Waals surface area contributed by atoms with Gasteiger partial charge < -0.3 is 10.2 Å². The highest BCUT2D eigenvalue weighted by atomic mass is 16.6. The Labute approximate surface area is 99.8 Å². The number of hydrogen-bond donors (Lipinski definition) is 1. The van der Waals surface area contributed by atoms with Gasteiger partial charge in [-0.15, -0.1) is 0 Å². The van der Waals surface area contributed by atoms with Gasteiger partial charge in [-0.25, -0.2) is 4.98 Å². The molecule has 0 aliphatic carbocycles. The van der Waals surface area contributed by atoms with Crippen molar-refractivity contribution in [2.24, 2.45) is 0 Å². The fourth-order valence-corrected chi connectivity index (χ4v) is 1.96. The molecule has 1 aliphatic rings. The third-order valence-corrected chi connectivity index (χ3v) is 3.09. The molecule has 6 nitrogen and oxygen atoms in total. The largest absolute Gasteiger partial charge is 0.351 e. The van der Waals surface area contributed by atoms with Gasteiger partial charge in [0.15, 0.2) is 0 Å². The van der Waals surface area contributed by atoms with Crippen molar-refractivity contribution in [1.29, 1.82) is 0 Å². The number of nitrogens with zero attached hydrogens (tertiary/aromatic N) is 3. The summed E-state index contributed by atoms with van der Waals surface area (Å²) in [6, 6.07) is 1.96. The SMILES string of the molecule is CCN(c1cc([N+](=O)[O-])c(C)cn1)C1CNC1. The molecule has 0 atom stereocenters. The quantitative estimate of drug-likeness (QED) is 0.626. The van der Waals surface area contributed by atoms with Gasteiger partial charge in [-0.3, -0.25) is 10.1 Å². The lowest BCUT2D eigenvalue weighted by molar-refractivity contribution is -0.385. The van der Waals surface area contributed by atoms with Crippen molar-refractivity contribution in [3.05, 3.63) is 27.9 Å².